The van der Waals surface area contributed by atoms with Crippen LogP contribution in [0.1, 0.15) is 25.1 Å². The van der Waals surface area contributed by atoms with Crippen LogP contribution in [-0.4, -0.2) is 94.4 Å². The third-order valence-electron chi connectivity index (χ3n) is 6.62. The van der Waals surface area contributed by atoms with Gasteiger partial charge in [-0.15, -0.1) is 11.6 Å². The first-order valence-electron chi connectivity index (χ1n) is 11.9. The fraction of sp³-hybridized carbons (Fsp3) is 0.522. The number of nitrogens with zero attached hydrogens (tertiary/aromatic N) is 8. The summed E-state index contributed by atoms with van der Waals surface area (Å²) in [5.41, 5.74) is 0.661. The molecule has 1 aromatic carbocycles. The number of anilines is 2. The molecule has 3 aromatic rings. The smallest absolute Gasteiger partial charge is 0.296 e. The summed E-state index contributed by atoms with van der Waals surface area (Å²) in [6.07, 6.45) is -1.73. The van der Waals surface area contributed by atoms with Crippen molar-refractivity contribution in [2.45, 2.75) is 25.4 Å². The molecule has 1 amide bonds. The first kappa shape index (κ1) is 25.3. The zero-order valence-electron chi connectivity index (χ0n) is 20.5. The third-order valence-corrected chi connectivity index (χ3v) is 6.84. The largest absolute Gasteiger partial charge is 0.494 e. The molecule has 11 nitrogen and oxygen atoms in total. The first-order valence-corrected chi connectivity index (χ1v) is 12.5. The number of aromatic nitrogens is 5. The van der Waals surface area contributed by atoms with Crippen LogP contribution in [0.15, 0.2) is 18.2 Å². The van der Waals surface area contributed by atoms with E-state index in [0.29, 0.717) is 56.5 Å². The highest BCUT2D eigenvalue weighted by molar-refractivity contribution is 6.27. The topological polar surface area (TPSA) is 102 Å². The van der Waals surface area contributed by atoms with Gasteiger partial charge in [-0.2, -0.15) is 15.0 Å². The molecule has 1 atom stereocenters. The number of methoxy groups -OCH3 is 1. The number of hydrogen-bond donors (Lipinski definition) is 0. The number of alkyl halides is 3. The number of carbonyl (C=O) groups excluding carboxylic acids is 1. The number of benzene rings is 1. The maximum atomic E-state index is 14.3. The van der Waals surface area contributed by atoms with Crippen molar-refractivity contribution >= 4 is 40.4 Å². The van der Waals surface area contributed by atoms with E-state index in [0.717, 1.165) is 6.42 Å². The van der Waals surface area contributed by atoms with Crippen LogP contribution >= 0.6 is 11.6 Å². The summed E-state index contributed by atoms with van der Waals surface area (Å²) in [7, 11) is 3.14. The molecule has 37 heavy (non-hydrogen) atoms. The highest BCUT2D eigenvalue weighted by Crippen LogP contribution is 2.33. The van der Waals surface area contributed by atoms with Gasteiger partial charge in [0.25, 0.3) is 6.43 Å². The van der Waals surface area contributed by atoms with Gasteiger partial charge in [-0.1, -0.05) is 6.07 Å². The minimum atomic E-state index is -2.89. The van der Waals surface area contributed by atoms with Gasteiger partial charge in [-0.05, 0) is 25.0 Å². The first-order chi connectivity index (χ1) is 17.9. The average molecular weight is 537 g/mol. The predicted octanol–water partition coefficient (Wildman–Crippen LogP) is 2.62. The Balaban J connectivity index is 1.68. The van der Waals surface area contributed by atoms with E-state index in [1.54, 1.807) is 30.1 Å². The van der Waals surface area contributed by atoms with Gasteiger partial charge in [0, 0.05) is 26.7 Å². The molecule has 2 aromatic heterocycles. The zero-order valence-corrected chi connectivity index (χ0v) is 21.2. The van der Waals surface area contributed by atoms with Gasteiger partial charge in [0.1, 0.15) is 23.3 Å². The number of ether oxygens (including phenoxy) is 2. The Labute approximate surface area is 217 Å². The number of para-hydroxylation sites is 1. The Hall–Kier alpha value is -3.32. The molecule has 198 valence electrons. The number of morpholine rings is 1. The Morgan fingerprint density at radius 2 is 1.89 bits per heavy atom. The number of fused-ring (bicyclic) bond motifs is 1. The fourth-order valence-corrected chi connectivity index (χ4v) is 4.92. The van der Waals surface area contributed by atoms with Crippen LogP contribution in [0.4, 0.5) is 20.7 Å². The maximum Gasteiger partial charge on any atom is 0.296 e. The summed E-state index contributed by atoms with van der Waals surface area (Å²) in [6.45, 7) is 2.64. The quantitative estimate of drug-likeness (QED) is 0.422. The van der Waals surface area contributed by atoms with Crippen LogP contribution in [0.2, 0.25) is 0 Å². The van der Waals surface area contributed by atoms with Crippen molar-refractivity contribution < 1.29 is 23.0 Å². The van der Waals surface area contributed by atoms with Gasteiger partial charge in [0.2, 0.25) is 23.8 Å². The molecule has 5 rings (SSSR count). The second kappa shape index (κ2) is 10.6. The number of rotatable bonds is 7. The molecule has 2 aliphatic heterocycles. The highest BCUT2D eigenvalue weighted by Gasteiger charge is 2.34. The Bertz CT molecular complexity index is 1290. The van der Waals surface area contributed by atoms with Gasteiger partial charge in [-0.3, -0.25) is 9.36 Å². The number of halogens is 3. The molecular weight excluding hydrogens is 510 g/mol. The van der Waals surface area contributed by atoms with E-state index in [9.17, 15) is 13.6 Å². The van der Waals surface area contributed by atoms with Gasteiger partial charge in [0.15, 0.2) is 5.82 Å². The molecule has 2 saturated heterocycles. The Morgan fingerprint density at radius 1 is 1.16 bits per heavy atom. The Kier molecular flexibility index (Phi) is 7.24. The summed E-state index contributed by atoms with van der Waals surface area (Å²) in [6, 6.07) is 5.02. The lowest BCUT2D eigenvalue weighted by molar-refractivity contribution is -0.129. The van der Waals surface area contributed by atoms with Crippen LogP contribution < -0.4 is 14.5 Å². The van der Waals surface area contributed by atoms with Gasteiger partial charge in [0.05, 0.1) is 25.8 Å². The fourth-order valence-electron chi connectivity index (χ4n) is 4.73. The lowest BCUT2D eigenvalue weighted by Crippen LogP contribution is -2.47. The van der Waals surface area contributed by atoms with Crippen molar-refractivity contribution in [2.75, 3.05) is 62.7 Å². The summed E-state index contributed by atoms with van der Waals surface area (Å²) < 4.78 is 40.6. The van der Waals surface area contributed by atoms with Crippen LogP contribution in [0.5, 0.6) is 5.75 Å². The molecule has 0 radical (unpaired) electrons. The number of hydrogen-bond acceptors (Lipinski definition) is 9. The second-order valence-electron chi connectivity index (χ2n) is 8.72. The highest BCUT2D eigenvalue weighted by atomic mass is 35.5. The van der Waals surface area contributed by atoms with Crippen LogP contribution in [0.3, 0.4) is 0 Å². The van der Waals surface area contributed by atoms with Crippen molar-refractivity contribution in [3.05, 3.63) is 24.0 Å². The number of carbonyl (C=O) groups is 1. The summed E-state index contributed by atoms with van der Waals surface area (Å²) >= 11 is 5.80. The average Bonchev–Trinajstić information content (AvgIpc) is 3.58. The van der Waals surface area contributed by atoms with Gasteiger partial charge < -0.3 is 24.2 Å². The van der Waals surface area contributed by atoms with Crippen molar-refractivity contribution in [3.8, 4) is 11.7 Å². The molecular formula is C23H27ClF2N8O3. The minimum absolute atomic E-state index is 0.00881. The van der Waals surface area contributed by atoms with E-state index in [1.807, 2.05) is 9.80 Å². The van der Waals surface area contributed by atoms with Crippen molar-refractivity contribution in [1.29, 1.82) is 0 Å². The summed E-state index contributed by atoms with van der Waals surface area (Å²) in [5, 5.41) is 0. The maximum absolute atomic E-state index is 14.3. The predicted molar refractivity (Wildman–Crippen MR) is 133 cm³/mol. The molecule has 14 heteroatoms. The van der Waals surface area contributed by atoms with Crippen molar-refractivity contribution in [2.24, 2.45) is 0 Å². The summed E-state index contributed by atoms with van der Waals surface area (Å²) in [5.74, 6) is 0.114. The molecule has 0 N–H and O–H groups in total. The van der Waals surface area contributed by atoms with E-state index < -0.39 is 12.2 Å². The third kappa shape index (κ3) is 4.73. The van der Waals surface area contributed by atoms with Crippen LogP contribution in [0.25, 0.3) is 17.0 Å². The lowest BCUT2D eigenvalue weighted by atomic mass is 10.3. The second-order valence-corrected chi connectivity index (χ2v) is 8.99. The molecule has 2 aliphatic rings. The minimum Gasteiger partial charge on any atom is -0.494 e. The lowest BCUT2D eigenvalue weighted by Gasteiger charge is -2.33. The molecule has 0 saturated carbocycles. The van der Waals surface area contributed by atoms with Crippen LogP contribution in [-0.2, 0) is 9.53 Å². The van der Waals surface area contributed by atoms with Crippen molar-refractivity contribution in [3.63, 3.8) is 0 Å². The molecule has 0 bridgehead atoms. The van der Waals surface area contributed by atoms with Gasteiger partial charge >= 0.3 is 0 Å². The molecule has 0 unspecified atom stereocenters. The van der Waals surface area contributed by atoms with E-state index in [2.05, 4.69) is 15.0 Å². The number of imidazole rings is 1. The number of amides is 1. The SMILES string of the molecule is COc1cccc2c1nc(C(F)F)n2-c1nc(N2CCOCC2)nc(N2CCC[C@@H]2N(C)C(=O)CCl)n1. The molecule has 2 fully saturated rings. The Morgan fingerprint density at radius 3 is 2.59 bits per heavy atom. The van der Waals surface area contributed by atoms with E-state index in [-0.39, 0.29) is 35.4 Å². The van der Waals surface area contributed by atoms with Crippen LogP contribution in [0, 0.1) is 0 Å². The zero-order chi connectivity index (χ0) is 26.1. The normalized spacial score (nSPS) is 18.2. The molecule has 0 spiro atoms. The van der Waals surface area contributed by atoms with E-state index in [1.165, 1.54) is 11.7 Å². The standard InChI is InChI=1S/C23H27ClF2N8O3/c1-31(17(35)13-24)16-7-4-8-33(16)22-28-21(32-9-11-37-12-10-32)29-23(30-22)34-14-5-3-6-15(36-2)18(14)27-20(34)19(25)26/h3,5-6,16,19H,4,7-13H2,1-2H3/t16-/m1/s1. The molecule has 4 heterocycles. The monoisotopic (exact) mass is 536 g/mol. The van der Waals surface area contributed by atoms with Gasteiger partial charge in [-0.25, -0.2) is 13.8 Å². The van der Waals surface area contributed by atoms with Crippen molar-refractivity contribution in [1.82, 2.24) is 29.4 Å². The summed E-state index contributed by atoms with van der Waals surface area (Å²) in [4.78, 5) is 35.9. The van der Waals surface area contributed by atoms with E-state index in [4.69, 9.17) is 26.1 Å². The van der Waals surface area contributed by atoms with E-state index >= 15 is 0 Å². The molecule has 0 aliphatic carbocycles.